The van der Waals surface area contributed by atoms with E-state index in [1.165, 1.54) is 186 Å². The highest BCUT2D eigenvalue weighted by Crippen LogP contribution is 2.56. The van der Waals surface area contributed by atoms with Gasteiger partial charge in [0.2, 0.25) is 0 Å². The second kappa shape index (κ2) is 23.4. The van der Waals surface area contributed by atoms with Crippen LogP contribution in [0.2, 0.25) is 0 Å². The molecule has 2 aliphatic heterocycles. The Morgan fingerprint density at radius 3 is 1.05 bits per heavy atom. The van der Waals surface area contributed by atoms with Gasteiger partial charge in [-0.2, -0.15) is 0 Å². The zero-order chi connectivity index (χ0) is 67.0. The molecule has 2 aromatic heterocycles. The van der Waals surface area contributed by atoms with E-state index in [2.05, 4.69) is 353 Å². The van der Waals surface area contributed by atoms with Crippen molar-refractivity contribution in [3.8, 4) is 55.9 Å². The fourth-order valence-corrected chi connectivity index (χ4v) is 17.1. The Morgan fingerprint density at radius 2 is 0.677 bits per heavy atom. The molecule has 0 spiro atoms. The molecule has 0 saturated heterocycles. The van der Waals surface area contributed by atoms with Crippen molar-refractivity contribution in [1.29, 1.82) is 0 Å². The van der Waals surface area contributed by atoms with Gasteiger partial charge in [0.15, 0.2) is 0 Å². The number of fused-ring (bicyclic) bond motifs is 10. The van der Waals surface area contributed by atoms with Crippen LogP contribution in [0.4, 0.5) is 34.1 Å². The van der Waals surface area contributed by atoms with E-state index in [4.69, 9.17) is 0 Å². The van der Waals surface area contributed by atoms with Gasteiger partial charge in [0.25, 0.3) is 6.71 Å². The van der Waals surface area contributed by atoms with Crippen LogP contribution in [0.3, 0.4) is 0 Å². The normalized spacial score (nSPS) is 14.0. The highest BCUT2D eigenvalue weighted by Gasteiger charge is 2.46. The number of para-hydroxylation sites is 2. The van der Waals surface area contributed by atoms with Crippen molar-refractivity contribution < 1.29 is 0 Å². The SMILES string of the molecule is Cc1ccc2c(c1)c1cc(C)ccc1n2-c1ccc2c(c1)N(c1c(-c3ccccc3)cc(C(C)(C)C)cc1-c1ccccc1)c1cc(C3CCCCC3)cc3c1B2c1ccc(-n2c4ccccc4c4ccccc42)cc1N3c1c(-c2ccccc2)cc(C(C)(C)C)cc1-c1ccccc1. The van der Waals surface area contributed by atoms with Gasteiger partial charge in [-0.25, -0.2) is 0 Å². The van der Waals surface area contributed by atoms with Crippen molar-refractivity contribution in [2.24, 2.45) is 0 Å². The van der Waals surface area contributed by atoms with E-state index < -0.39 is 0 Å². The summed E-state index contributed by atoms with van der Waals surface area (Å²) in [7, 11) is 0. The molecule has 5 heteroatoms. The molecule has 13 aromatic carbocycles. The Labute approximate surface area is 583 Å². The van der Waals surface area contributed by atoms with E-state index in [0.717, 1.165) is 24.2 Å². The Bertz CT molecular complexity index is 5470. The van der Waals surface area contributed by atoms with Crippen molar-refractivity contribution in [1.82, 2.24) is 9.13 Å². The van der Waals surface area contributed by atoms with Crippen LogP contribution in [0.1, 0.15) is 107 Å². The van der Waals surface area contributed by atoms with Crippen LogP contribution in [-0.2, 0) is 10.8 Å². The molecule has 0 amide bonds. The summed E-state index contributed by atoms with van der Waals surface area (Å²) in [5.41, 5.74) is 33.8. The largest absolute Gasteiger partial charge is 0.310 e. The van der Waals surface area contributed by atoms with Crippen LogP contribution in [0.15, 0.2) is 279 Å². The maximum atomic E-state index is 2.79. The third kappa shape index (κ3) is 10.0. The van der Waals surface area contributed by atoms with Crippen molar-refractivity contribution in [3.05, 3.63) is 307 Å². The van der Waals surface area contributed by atoms with Gasteiger partial charge in [0.05, 0.1) is 33.4 Å². The lowest BCUT2D eigenvalue weighted by Crippen LogP contribution is -2.61. The first kappa shape index (κ1) is 60.5. The van der Waals surface area contributed by atoms with Gasteiger partial charge >= 0.3 is 0 Å². The molecule has 0 N–H and O–H groups in total. The van der Waals surface area contributed by atoms with E-state index in [0.29, 0.717) is 5.92 Å². The summed E-state index contributed by atoms with van der Waals surface area (Å²) in [5.74, 6) is 0.348. The van der Waals surface area contributed by atoms with Gasteiger partial charge in [0, 0.05) is 77.9 Å². The molecule has 0 radical (unpaired) electrons. The topological polar surface area (TPSA) is 16.3 Å². The minimum atomic E-state index is -0.194. The molecule has 4 nitrogen and oxygen atoms in total. The van der Waals surface area contributed by atoms with Crippen molar-refractivity contribution in [2.45, 2.75) is 104 Å². The van der Waals surface area contributed by atoms with Gasteiger partial charge in [-0.05, 0) is 196 Å². The Hall–Kier alpha value is -10.9. The first-order valence-corrected chi connectivity index (χ1v) is 35.9. The van der Waals surface area contributed by atoms with Crippen LogP contribution in [0.25, 0.3) is 99.5 Å². The average molecular weight is 1280 g/mol. The molecule has 0 unspecified atom stereocenters. The summed E-state index contributed by atoms with van der Waals surface area (Å²) in [4.78, 5) is 5.57. The number of hydrogen-bond acceptors (Lipinski definition) is 2. The molecule has 480 valence electrons. The number of aromatic nitrogens is 2. The van der Waals surface area contributed by atoms with Gasteiger partial charge in [-0.3, -0.25) is 0 Å². The molecule has 1 saturated carbocycles. The third-order valence-corrected chi connectivity index (χ3v) is 22.0. The maximum Gasteiger partial charge on any atom is 0.252 e. The summed E-state index contributed by atoms with van der Waals surface area (Å²) in [5, 5.41) is 5.03. The zero-order valence-corrected chi connectivity index (χ0v) is 58.0. The highest BCUT2D eigenvalue weighted by atomic mass is 15.2. The van der Waals surface area contributed by atoms with Gasteiger partial charge in [0.1, 0.15) is 0 Å². The average Bonchev–Trinajstić information content (AvgIpc) is 1.35. The minimum Gasteiger partial charge on any atom is -0.310 e. The molecule has 18 rings (SSSR count). The summed E-state index contributed by atoms with van der Waals surface area (Å²) >= 11 is 0. The molecular formula is C94H81BN4. The van der Waals surface area contributed by atoms with Crippen LogP contribution in [-0.4, -0.2) is 15.8 Å². The second-order valence-corrected chi connectivity index (χ2v) is 30.4. The number of anilines is 6. The number of rotatable bonds is 9. The predicted octanol–water partition coefficient (Wildman–Crippen LogP) is 23.9. The van der Waals surface area contributed by atoms with E-state index in [-0.39, 0.29) is 17.5 Å². The molecule has 1 fully saturated rings. The second-order valence-electron chi connectivity index (χ2n) is 30.4. The first-order chi connectivity index (χ1) is 48.2. The van der Waals surface area contributed by atoms with Gasteiger partial charge in [-0.15, -0.1) is 0 Å². The number of hydrogen-bond donors (Lipinski definition) is 0. The van der Waals surface area contributed by atoms with E-state index in [1.54, 1.807) is 0 Å². The standard InChI is InChI=1S/C94H81BN4/c1-60-42-48-84-78(50-60)79-51-61(2)43-49-85(79)97(84)71-45-47-81-87(59-71)99(92-76(65-34-20-12-21-35-65)56-69(94(6,7)8)57-77(92)66-36-22-13-23-37-66)89-53-67(62-28-14-9-15-29-62)52-88-90(89)95(81)80-46-44-70(96-82-40-26-24-38-72(82)73-39-25-27-41-83(73)96)58-86(80)98(88)91-74(63-30-16-10-17-31-63)54-68(93(3,4)5)55-75(91)64-32-18-11-19-33-64/h10-13,16-27,30-59,62H,9,14-15,28-29H2,1-8H3. The lowest BCUT2D eigenvalue weighted by Gasteiger charge is -2.46. The number of benzene rings is 13. The summed E-state index contributed by atoms with van der Waals surface area (Å²) in [6.07, 6.45) is 5.95. The molecule has 99 heavy (non-hydrogen) atoms. The van der Waals surface area contributed by atoms with Crippen LogP contribution in [0, 0.1) is 13.8 Å². The van der Waals surface area contributed by atoms with Crippen molar-refractivity contribution in [3.63, 3.8) is 0 Å². The third-order valence-electron chi connectivity index (χ3n) is 22.0. The predicted molar refractivity (Wildman–Crippen MR) is 424 cm³/mol. The van der Waals surface area contributed by atoms with Crippen LogP contribution < -0.4 is 26.2 Å². The summed E-state index contributed by atoms with van der Waals surface area (Å²) in [6.45, 7) is 18.5. The van der Waals surface area contributed by atoms with Crippen molar-refractivity contribution >= 4 is 101 Å². The van der Waals surface area contributed by atoms with Crippen LogP contribution >= 0.6 is 0 Å². The fraction of sp³-hybridized carbons (Fsp3) is 0.170. The zero-order valence-electron chi connectivity index (χ0n) is 58.0. The Morgan fingerprint density at radius 1 is 0.323 bits per heavy atom. The molecule has 4 heterocycles. The van der Waals surface area contributed by atoms with Crippen molar-refractivity contribution in [2.75, 3.05) is 9.80 Å². The number of nitrogens with zero attached hydrogens (tertiary/aromatic N) is 4. The van der Waals surface area contributed by atoms with E-state index >= 15 is 0 Å². The molecular weight excluding hydrogens is 1200 g/mol. The quantitative estimate of drug-likeness (QED) is 0.134. The smallest absolute Gasteiger partial charge is 0.252 e. The summed E-state index contributed by atoms with van der Waals surface area (Å²) < 4.78 is 5.07. The lowest BCUT2D eigenvalue weighted by atomic mass is 9.33. The first-order valence-electron chi connectivity index (χ1n) is 35.9. The molecule has 1 aliphatic carbocycles. The Kier molecular flexibility index (Phi) is 14.3. The fourth-order valence-electron chi connectivity index (χ4n) is 17.1. The molecule has 15 aromatic rings. The molecule has 0 bridgehead atoms. The monoisotopic (exact) mass is 1280 g/mol. The Balaban J connectivity index is 1.04. The maximum absolute atomic E-state index is 2.79. The highest BCUT2D eigenvalue weighted by molar-refractivity contribution is 7.00. The van der Waals surface area contributed by atoms with Gasteiger partial charge < -0.3 is 18.9 Å². The van der Waals surface area contributed by atoms with E-state index in [1.807, 2.05) is 0 Å². The number of aryl methyl sites for hydroxylation is 2. The summed E-state index contributed by atoms with van der Waals surface area (Å²) in [6, 6.07) is 108. The van der Waals surface area contributed by atoms with E-state index in [9.17, 15) is 0 Å². The molecule has 0 atom stereocenters. The minimum absolute atomic E-state index is 0.171. The van der Waals surface area contributed by atoms with Gasteiger partial charge in [-0.1, -0.05) is 254 Å². The van der Waals surface area contributed by atoms with Crippen LogP contribution in [0.5, 0.6) is 0 Å². The lowest BCUT2D eigenvalue weighted by molar-refractivity contribution is 0.444. The molecule has 3 aliphatic rings.